The topological polar surface area (TPSA) is 3.24 Å². The SMILES string of the molecule is CCc1ccc(F)cc1N(C)CC. The summed E-state index contributed by atoms with van der Waals surface area (Å²) in [6, 6.07) is 4.98. The molecule has 0 aliphatic carbocycles. The van der Waals surface area contributed by atoms with Crippen LogP contribution < -0.4 is 4.90 Å². The maximum Gasteiger partial charge on any atom is 0.125 e. The van der Waals surface area contributed by atoms with Gasteiger partial charge in [0.15, 0.2) is 0 Å². The normalized spacial score (nSPS) is 10.2. The van der Waals surface area contributed by atoms with Crippen molar-refractivity contribution in [3.8, 4) is 0 Å². The van der Waals surface area contributed by atoms with Gasteiger partial charge in [-0.05, 0) is 31.0 Å². The van der Waals surface area contributed by atoms with E-state index in [2.05, 4.69) is 18.7 Å². The van der Waals surface area contributed by atoms with Crippen molar-refractivity contribution >= 4 is 5.69 Å². The molecule has 1 aromatic rings. The van der Waals surface area contributed by atoms with Crippen molar-refractivity contribution in [1.29, 1.82) is 0 Å². The number of rotatable bonds is 3. The van der Waals surface area contributed by atoms with E-state index >= 15 is 0 Å². The molecule has 1 aromatic carbocycles. The largest absolute Gasteiger partial charge is 0.375 e. The summed E-state index contributed by atoms with van der Waals surface area (Å²) in [7, 11) is 1.98. The van der Waals surface area contributed by atoms with Crippen LogP contribution in [0.25, 0.3) is 0 Å². The van der Waals surface area contributed by atoms with E-state index in [1.54, 1.807) is 6.07 Å². The van der Waals surface area contributed by atoms with Gasteiger partial charge in [-0.25, -0.2) is 4.39 Å². The van der Waals surface area contributed by atoms with Gasteiger partial charge in [-0.2, -0.15) is 0 Å². The summed E-state index contributed by atoms with van der Waals surface area (Å²) in [5.74, 6) is -0.160. The molecule has 0 fully saturated rings. The maximum absolute atomic E-state index is 13.0. The minimum absolute atomic E-state index is 0.160. The zero-order valence-corrected chi connectivity index (χ0v) is 8.47. The van der Waals surface area contributed by atoms with E-state index < -0.39 is 0 Å². The number of nitrogens with zero attached hydrogens (tertiary/aromatic N) is 1. The minimum Gasteiger partial charge on any atom is -0.375 e. The van der Waals surface area contributed by atoms with Crippen molar-refractivity contribution in [2.75, 3.05) is 18.5 Å². The van der Waals surface area contributed by atoms with E-state index in [1.807, 2.05) is 13.1 Å². The molecule has 0 spiro atoms. The van der Waals surface area contributed by atoms with Gasteiger partial charge in [0.25, 0.3) is 0 Å². The van der Waals surface area contributed by atoms with Gasteiger partial charge in [-0.15, -0.1) is 0 Å². The first kappa shape index (κ1) is 10.0. The fraction of sp³-hybridized carbons (Fsp3) is 0.455. The van der Waals surface area contributed by atoms with Crippen molar-refractivity contribution in [3.63, 3.8) is 0 Å². The highest BCUT2D eigenvalue weighted by Gasteiger charge is 2.05. The summed E-state index contributed by atoms with van der Waals surface area (Å²) in [6.07, 6.45) is 0.944. The number of hydrogen-bond donors (Lipinski definition) is 0. The Morgan fingerprint density at radius 1 is 1.31 bits per heavy atom. The van der Waals surface area contributed by atoms with Gasteiger partial charge in [-0.1, -0.05) is 13.0 Å². The fourth-order valence-corrected chi connectivity index (χ4v) is 1.36. The number of halogens is 1. The molecule has 0 heterocycles. The molecule has 0 radical (unpaired) electrons. The molecule has 72 valence electrons. The van der Waals surface area contributed by atoms with Crippen LogP contribution >= 0.6 is 0 Å². The highest BCUT2D eigenvalue weighted by molar-refractivity contribution is 5.53. The Labute approximate surface area is 79.2 Å². The third-order valence-corrected chi connectivity index (χ3v) is 2.31. The summed E-state index contributed by atoms with van der Waals surface area (Å²) >= 11 is 0. The molecule has 0 aromatic heterocycles. The van der Waals surface area contributed by atoms with Crippen molar-refractivity contribution in [3.05, 3.63) is 29.6 Å². The van der Waals surface area contributed by atoms with Gasteiger partial charge < -0.3 is 4.90 Å². The molecule has 2 heteroatoms. The van der Waals surface area contributed by atoms with Gasteiger partial charge in [-0.3, -0.25) is 0 Å². The lowest BCUT2D eigenvalue weighted by Gasteiger charge is -2.20. The molecular formula is C11H16FN. The van der Waals surface area contributed by atoms with Crippen LogP contribution in [0.3, 0.4) is 0 Å². The lowest BCUT2D eigenvalue weighted by Crippen LogP contribution is -2.17. The molecular weight excluding hydrogens is 165 g/mol. The smallest absolute Gasteiger partial charge is 0.125 e. The minimum atomic E-state index is -0.160. The van der Waals surface area contributed by atoms with Crippen LogP contribution in [0.1, 0.15) is 19.4 Å². The molecule has 0 saturated heterocycles. The van der Waals surface area contributed by atoms with E-state index in [1.165, 1.54) is 11.6 Å². The zero-order valence-electron chi connectivity index (χ0n) is 8.47. The highest BCUT2D eigenvalue weighted by Crippen LogP contribution is 2.20. The van der Waals surface area contributed by atoms with E-state index in [0.717, 1.165) is 18.7 Å². The zero-order chi connectivity index (χ0) is 9.84. The van der Waals surface area contributed by atoms with Crippen LogP contribution in [0.15, 0.2) is 18.2 Å². The molecule has 0 aliphatic rings. The molecule has 13 heavy (non-hydrogen) atoms. The average molecular weight is 181 g/mol. The number of benzene rings is 1. The number of hydrogen-bond acceptors (Lipinski definition) is 1. The van der Waals surface area contributed by atoms with E-state index in [9.17, 15) is 4.39 Å². The van der Waals surface area contributed by atoms with Gasteiger partial charge in [0.05, 0.1) is 0 Å². The first-order valence-electron chi connectivity index (χ1n) is 4.68. The average Bonchev–Trinajstić information content (AvgIpc) is 2.16. The predicted molar refractivity (Wildman–Crippen MR) is 54.7 cm³/mol. The Hall–Kier alpha value is -1.05. The highest BCUT2D eigenvalue weighted by atomic mass is 19.1. The van der Waals surface area contributed by atoms with E-state index in [0.29, 0.717) is 0 Å². The molecule has 0 aliphatic heterocycles. The third-order valence-electron chi connectivity index (χ3n) is 2.31. The van der Waals surface area contributed by atoms with Crippen molar-refractivity contribution in [1.82, 2.24) is 0 Å². The first-order chi connectivity index (χ1) is 6.19. The summed E-state index contributed by atoms with van der Waals surface area (Å²) in [6.45, 7) is 5.04. The van der Waals surface area contributed by atoms with Crippen molar-refractivity contribution in [2.24, 2.45) is 0 Å². The van der Waals surface area contributed by atoms with Gasteiger partial charge in [0.1, 0.15) is 5.82 Å². The molecule has 1 rings (SSSR count). The quantitative estimate of drug-likeness (QED) is 0.693. The Kier molecular flexibility index (Phi) is 3.29. The molecule has 0 unspecified atom stereocenters. The summed E-state index contributed by atoms with van der Waals surface area (Å²) in [4.78, 5) is 2.06. The number of aryl methyl sites for hydroxylation is 1. The molecule has 1 nitrogen and oxygen atoms in total. The molecule has 0 atom stereocenters. The van der Waals surface area contributed by atoms with Crippen LogP contribution in [0.2, 0.25) is 0 Å². The Bertz CT molecular complexity index is 283. The first-order valence-corrected chi connectivity index (χ1v) is 4.68. The number of anilines is 1. The fourth-order valence-electron chi connectivity index (χ4n) is 1.36. The Balaban J connectivity index is 3.07. The second-order valence-electron chi connectivity index (χ2n) is 3.14. The second-order valence-corrected chi connectivity index (χ2v) is 3.14. The lowest BCUT2D eigenvalue weighted by molar-refractivity contribution is 0.626. The summed E-state index contributed by atoms with van der Waals surface area (Å²) in [5.41, 5.74) is 2.20. The molecule has 0 N–H and O–H groups in total. The van der Waals surface area contributed by atoms with Gasteiger partial charge in [0.2, 0.25) is 0 Å². The Morgan fingerprint density at radius 2 is 2.00 bits per heavy atom. The monoisotopic (exact) mass is 181 g/mol. The van der Waals surface area contributed by atoms with Crippen LogP contribution in [0.5, 0.6) is 0 Å². The lowest BCUT2D eigenvalue weighted by atomic mass is 10.1. The summed E-state index contributed by atoms with van der Waals surface area (Å²) < 4.78 is 13.0. The van der Waals surface area contributed by atoms with Crippen LogP contribution in [-0.4, -0.2) is 13.6 Å². The maximum atomic E-state index is 13.0. The molecule has 0 amide bonds. The molecule has 0 saturated carbocycles. The van der Waals surface area contributed by atoms with E-state index in [4.69, 9.17) is 0 Å². The van der Waals surface area contributed by atoms with Gasteiger partial charge in [0, 0.05) is 19.3 Å². The van der Waals surface area contributed by atoms with Crippen molar-refractivity contribution < 1.29 is 4.39 Å². The van der Waals surface area contributed by atoms with Crippen LogP contribution in [-0.2, 0) is 6.42 Å². The third kappa shape index (κ3) is 2.20. The predicted octanol–water partition coefficient (Wildman–Crippen LogP) is 2.84. The van der Waals surface area contributed by atoms with E-state index in [-0.39, 0.29) is 5.82 Å². The van der Waals surface area contributed by atoms with Crippen LogP contribution in [0.4, 0.5) is 10.1 Å². The second kappa shape index (κ2) is 4.26. The van der Waals surface area contributed by atoms with Crippen LogP contribution in [0, 0.1) is 5.82 Å². The van der Waals surface area contributed by atoms with Gasteiger partial charge >= 0.3 is 0 Å². The van der Waals surface area contributed by atoms with Crippen molar-refractivity contribution in [2.45, 2.75) is 20.3 Å². The standard InChI is InChI=1S/C11H16FN/c1-4-9-6-7-10(12)8-11(9)13(3)5-2/h6-8H,4-5H2,1-3H3. The summed E-state index contributed by atoms with van der Waals surface area (Å²) in [5, 5.41) is 0. The molecule has 0 bridgehead atoms. The Morgan fingerprint density at radius 3 is 2.54 bits per heavy atom.